The molecule has 2 aliphatic heterocycles. The van der Waals surface area contributed by atoms with Crippen LogP contribution in [0.2, 0.25) is 0 Å². The van der Waals surface area contributed by atoms with Crippen molar-refractivity contribution >= 4 is 17.6 Å². The largest absolute Gasteiger partial charge is 0.465 e. The molecule has 0 unspecified atom stereocenters. The molecule has 6 heteroatoms. The first-order valence-electron chi connectivity index (χ1n) is 8.48. The third kappa shape index (κ3) is 3.71. The van der Waals surface area contributed by atoms with Crippen LogP contribution in [0.3, 0.4) is 0 Å². The lowest BCUT2D eigenvalue weighted by molar-refractivity contribution is -0.119. The molecule has 0 aromatic heterocycles. The minimum absolute atomic E-state index is 0.0281. The van der Waals surface area contributed by atoms with E-state index in [-0.39, 0.29) is 5.91 Å². The molecular formula is C19H21N3O3. The smallest absolute Gasteiger partial charge is 0.337 e. The number of hydrogen-bond donors (Lipinski definition) is 0. The van der Waals surface area contributed by atoms with Gasteiger partial charge in [-0.25, -0.2) is 4.79 Å². The predicted molar refractivity (Wildman–Crippen MR) is 93.3 cm³/mol. The molecule has 2 heterocycles. The summed E-state index contributed by atoms with van der Waals surface area (Å²) in [7, 11) is 1.35. The van der Waals surface area contributed by atoms with Gasteiger partial charge in [0.15, 0.2) is 5.66 Å². The molecule has 1 aromatic carbocycles. The first-order valence-corrected chi connectivity index (χ1v) is 8.48. The quantitative estimate of drug-likeness (QED) is 0.590. The number of methoxy groups -OCH3 is 1. The second-order valence-electron chi connectivity index (χ2n) is 6.37. The van der Waals surface area contributed by atoms with Crippen molar-refractivity contribution in [1.29, 1.82) is 0 Å². The van der Waals surface area contributed by atoms with Crippen molar-refractivity contribution < 1.29 is 14.3 Å². The number of nitrogens with zero attached hydrogens (tertiary/aromatic N) is 3. The summed E-state index contributed by atoms with van der Waals surface area (Å²) in [6.07, 6.45) is 9.35. The SMILES string of the molecule is C#CCCC1(CCC(=O)N2CCCc3ccc(C(=O)OC)cc32)N=N1. The zero-order chi connectivity index (χ0) is 17.9. The number of carbonyl (C=O) groups is 2. The Morgan fingerprint density at radius 2 is 2.16 bits per heavy atom. The van der Waals surface area contributed by atoms with Gasteiger partial charge in [-0.3, -0.25) is 4.79 Å². The lowest BCUT2D eigenvalue weighted by Gasteiger charge is -2.30. The lowest BCUT2D eigenvalue weighted by Crippen LogP contribution is -2.36. The van der Waals surface area contributed by atoms with Gasteiger partial charge in [-0.15, -0.1) is 12.3 Å². The molecule has 3 rings (SSSR count). The van der Waals surface area contributed by atoms with Crippen LogP contribution < -0.4 is 4.90 Å². The molecule has 1 aromatic rings. The highest BCUT2D eigenvalue weighted by Gasteiger charge is 2.40. The molecule has 0 saturated heterocycles. The zero-order valence-corrected chi connectivity index (χ0v) is 14.3. The summed E-state index contributed by atoms with van der Waals surface area (Å²) in [6.45, 7) is 0.655. The summed E-state index contributed by atoms with van der Waals surface area (Å²) in [4.78, 5) is 26.3. The van der Waals surface area contributed by atoms with E-state index >= 15 is 0 Å². The van der Waals surface area contributed by atoms with Gasteiger partial charge in [0.25, 0.3) is 0 Å². The van der Waals surface area contributed by atoms with E-state index in [0.29, 0.717) is 37.8 Å². The van der Waals surface area contributed by atoms with Crippen LogP contribution >= 0.6 is 0 Å². The third-order valence-electron chi connectivity index (χ3n) is 4.72. The van der Waals surface area contributed by atoms with Gasteiger partial charge in [0.1, 0.15) is 0 Å². The molecule has 130 valence electrons. The van der Waals surface area contributed by atoms with Crippen molar-refractivity contribution in [2.24, 2.45) is 10.2 Å². The van der Waals surface area contributed by atoms with Crippen LogP contribution in [0.25, 0.3) is 0 Å². The molecule has 0 saturated carbocycles. The molecule has 0 bridgehead atoms. The number of terminal acetylenes is 1. The maximum atomic E-state index is 12.7. The van der Waals surface area contributed by atoms with E-state index in [1.165, 1.54) is 7.11 Å². The van der Waals surface area contributed by atoms with E-state index in [1.807, 2.05) is 6.07 Å². The molecule has 0 fully saturated rings. The summed E-state index contributed by atoms with van der Waals surface area (Å²) in [5, 5.41) is 8.16. The Kier molecular flexibility index (Phi) is 4.84. The van der Waals surface area contributed by atoms with Crippen molar-refractivity contribution in [1.82, 2.24) is 0 Å². The fraction of sp³-hybridized carbons (Fsp3) is 0.474. The highest BCUT2D eigenvalue weighted by molar-refractivity contribution is 5.97. The Labute approximate surface area is 147 Å². The van der Waals surface area contributed by atoms with Crippen molar-refractivity contribution in [3.8, 4) is 12.3 Å². The lowest BCUT2D eigenvalue weighted by atomic mass is 9.97. The van der Waals surface area contributed by atoms with Crippen LogP contribution in [0.1, 0.15) is 48.0 Å². The first-order chi connectivity index (χ1) is 12.1. The average molecular weight is 339 g/mol. The number of aryl methyl sites for hydroxylation is 1. The van der Waals surface area contributed by atoms with Crippen LogP contribution in [0.4, 0.5) is 5.69 Å². The van der Waals surface area contributed by atoms with Crippen LogP contribution in [-0.2, 0) is 16.0 Å². The van der Waals surface area contributed by atoms with Gasteiger partial charge >= 0.3 is 5.97 Å². The van der Waals surface area contributed by atoms with Gasteiger partial charge in [-0.1, -0.05) is 6.07 Å². The summed E-state index contributed by atoms with van der Waals surface area (Å²) in [6, 6.07) is 5.40. The van der Waals surface area contributed by atoms with Crippen LogP contribution in [0.15, 0.2) is 28.4 Å². The molecule has 0 radical (unpaired) electrons. The maximum absolute atomic E-state index is 12.7. The Hall–Kier alpha value is -2.68. The van der Waals surface area contributed by atoms with Crippen LogP contribution in [-0.4, -0.2) is 31.2 Å². The number of carbonyl (C=O) groups excluding carboxylic acids is 2. The molecule has 0 N–H and O–H groups in total. The molecule has 0 aliphatic carbocycles. The number of ether oxygens (including phenoxy) is 1. The van der Waals surface area contributed by atoms with Crippen LogP contribution in [0.5, 0.6) is 0 Å². The van der Waals surface area contributed by atoms with Gasteiger partial charge in [0.05, 0.1) is 12.7 Å². The van der Waals surface area contributed by atoms with E-state index in [0.717, 1.165) is 24.1 Å². The highest BCUT2D eigenvalue weighted by Crippen LogP contribution is 2.38. The van der Waals surface area contributed by atoms with E-state index in [9.17, 15) is 9.59 Å². The number of anilines is 1. The summed E-state index contributed by atoms with van der Waals surface area (Å²) >= 11 is 0. The van der Waals surface area contributed by atoms with Crippen molar-refractivity contribution in [3.63, 3.8) is 0 Å². The standard InChI is InChI=1S/C19H21N3O3/c1-3-4-10-19(20-21-19)11-9-17(23)22-12-5-6-14-7-8-15(13-16(14)22)18(24)25-2/h1,7-8,13H,4-6,9-12H2,2H3. The molecule has 1 amide bonds. The van der Waals surface area contributed by atoms with Gasteiger partial charge in [0, 0.05) is 37.9 Å². The number of hydrogen-bond acceptors (Lipinski definition) is 5. The topological polar surface area (TPSA) is 71.3 Å². The van der Waals surface area contributed by atoms with Crippen molar-refractivity contribution in [2.45, 2.75) is 44.2 Å². The van der Waals surface area contributed by atoms with E-state index < -0.39 is 11.6 Å². The maximum Gasteiger partial charge on any atom is 0.337 e. The average Bonchev–Trinajstić information content (AvgIpc) is 3.43. The van der Waals surface area contributed by atoms with Gasteiger partial charge in [0.2, 0.25) is 5.91 Å². The normalized spacial score (nSPS) is 16.7. The summed E-state index contributed by atoms with van der Waals surface area (Å²) in [5.41, 5.74) is 1.89. The second-order valence-corrected chi connectivity index (χ2v) is 6.37. The van der Waals surface area contributed by atoms with Crippen molar-refractivity contribution in [2.75, 3.05) is 18.6 Å². The molecule has 0 atom stereocenters. The number of benzene rings is 1. The Morgan fingerprint density at radius 3 is 2.84 bits per heavy atom. The zero-order valence-electron chi connectivity index (χ0n) is 14.3. The summed E-state index contributed by atoms with van der Waals surface area (Å²) < 4.78 is 4.78. The highest BCUT2D eigenvalue weighted by atomic mass is 16.5. The van der Waals surface area contributed by atoms with Crippen molar-refractivity contribution in [3.05, 3.63) is 29.3 Å². The molecule has 25 heavy (non-hydrogen) atoms. The van der Waals surface area contributed by atoms with E-state index in [1.54, 1.807) is 17.0 Å². The summed E-state index contributed by atoms with van der Waals surface area (Å²) in [5.74, 6) is 2.22. The number of esters is 1. The number of fused-ring (bicyclic) bond motifs is 1. The third-order valence-corrected chi connectivity index (χ3v) is 4.72. The Bertz CT molecular complexity index is 758. The Balaban J connectivity index is 1.70. The minimum atomic E-state index is -0.450. The van der Waals surface area contributed by atoms with Gasteiger partial charge < -0.3 is 9.64 Å². The molecular weight excluding hydrogens is 318 g/mol. The minimum Gasteiger partial charge on any atom is -0.465 e. The van der Waals surface area contributed by atoms with Gasteiger partial charge in [-0.05, 0) is 30.5 Å². The predicted octanol–water partition coefficient (Wildman–Crippen LogP) is 3.11. The van der Waals surface area contributed by atoms with E-state index in [2.05, 4.69) is 16.1 Å². The van der Waals surface area contributed by atoms with E-state index in [4.69, 9.17) is 11.2 Å². The number of rotatable bonds is 6. The molecule has 6 nitrogen and oxygen atoms in total. The Morgan fingerprint density at radius 1 is 1.36 bits per heavy atom. The second kappa shape index (κ2) is 7.06. The first kappa shape index (κ1) is 17.2. The molecule has 0 spiro atoms. The van der Waals surface area contributed by atoms with Crippen LogP contribution in [0, 0.1) is 12.3 Å². The van der Waals surface area contributed by atoms with Gasteiger partial charge in [-0.2, -0.15) is 10.2 Å². The monoisotopic (exact) mass is 339 g/mol. The molecule has 2 aliphatic rings. The number of amides is 1. The fourth-order valence-corrected chi connectivity index (χ4v) is 3.19. The fourth-order valence-electron chi connectivity index (χ4n) is 3.19.